The average molecular weight is 396 g/mol. The highest BCUT2D eigenvalue weighted by molar-refractivity contribution is 7.89. The summed E-state index contributed by atoms with van der Waals surface area (Å²) in [5.74, 6) is -0.421. The lowest BCUT2D eigenvalue weighted by Crippen LogP contribution is -2.33. The first-order valence-electron chi connectivity index (χ1n) is 8.19. The predicted molar refractivity (Wildman–Crippen MR) is 102 cm³/mol. The van der Waals surface area contributed by atoms with Crippen LogP contribution in [0.25, 0.3) is 0 Å². The van der Waals surface area contributed by atoms with Crippen molar-refractivity contribution in [2.24, 2.45) is 0 Å². The lowest BCUT2D eigenvalue weighted by molar-refractivity contribution is 0.0954. The summed E-state index contributed by atoms with van der Waals surface area (Å²) in [5, 5.41) is 2.95. The quantitative estimate of drug-likeness (QED) is 0.781. The molecule has 0 spiro atoms. The smallest absolute Gasteiger partial charge is 0.252 e. The number of rotatable bonds is 7. The number of carbonyl (C=O) groups excluding carboxylic acids is 1. The van der Waals surface area contributed by atoms with Gasteiger partial charge in [-0.1, -0.05) is 17.7 Å². The summed E-state index contributed by atoms with van der Waals surface area (Å²) in [6, 6.07) is 9.51. The average Bonchev–Trinajstić information content (AvgIpc) is 2.61. The van der Waals surface area contributed by atoms with E-state index < -0.39 is 15.9 Å². The van der Waals surface area contributed by atoms with Crippen molar-refractivity contribution in [3.63, 3.8) is 0 Å². The number of pyridine rings is 1. The van der Waals surface area contributed by atoms with Crippen LogP contribution in [0.2, 0.25) is 5.02 Å². The van der Waals surface area contributed by atoms with Gasteiger partial charge in [0.1, 0.15) is 0 Å². The summed E-state index contributed by atoms with van der Waals surface area (Å²) in [7, 11) is -2.19. The Morgan fingerprint density at radius 2 is 2.00 bits per heavy atom. The first-order chi connectivity index (χ1) is 12.2. The van der Waals surface area contributed by atoms with Crippen LogP contribution in [-0.2, 0) is 16.4 Å². The topological polar surface area (TPSA) is 79.4 Å². The fraction of sp³-hybridized carbons (Fsp3) is 0.333. The number of aromatic nitrogens is 1. The normalized spacial score (nSPS) is 11.8. The third kappa shape index (κ3) is 4.81. The number of nitrogens with zero attached hydrogens (tertiary/aromatic N) is 2. The monoisotopic (exact) mass is 395 g/mol. The molecule has 2 aromatic rings. The summed E-state index contributed by atoms with van der Waals surface area (Å²) in [4.78, 5) is 16.6. The Balaban J connectivity index is 2.15. The Morgan fingerprint density at radius 1 is 1.27 bits per heavy atom. The first kappa shape index (κ1) is 20.4. The molecule has 6 nitrogen and oxygen atoms in total. The Bertz CT molecular complexity index is 871. The molecule has 0 bridgehead atoms. The lowest BCUT2D eigenvalue weighted by atomic mass is 10.2. The maximum atomic E-state index is 12.6. The number of hydrogen-bond acceptors (Lipinski definition) is 4. The molecule has 0 atom stereocenters. The van der Waals surface area contributed by atoms with Crippen molar-refractivity contribution in [1.82, 2.24) is 14.6 Å². The molecule has 26 heavy (non-hydrogen) atoms. The van der Waals surface area contributed by atoms with E-state index >= 15 is 0 Å². The van der Waals surface area contributed by atoms with E-state index in [2.05, 4.69) is 10.3 Å². The molecule has 0 unspecified atom stereocenters. The van der Waals surface area contributed by atoms with Crippen LogP contribution in [0.5, 0.6) is 0 Å². The standard InChI is InChI=1S/C18H22ClN3O3S/c1-13(2)22(3)26(24,25)15-7-8-17(19)16(12-15)18(23)21-11-9-14-6-4-5-10-20-14/h4-8,10,12-13H,9,11H2,1-3H3,(H,21,23). The van der Waals surface area contributed by atoms with Gasteiger partial charge in [-0.05, 0) is 44.2 Å². The molecular formula is C18H22ClN3O3S. The largest absolute Gasteiger partial charge is 0.352 e. The van der Waals surface area contributed by atoms with Crippen LogP contribution in [0.4, 0.5) is 0 Å². The van der Waals surface area contributed by atoms with Gasteiger partial charge in [-0.3, -0.25) is 9.78 Å². The third-order valence-electron chi connectivity index (χ3n) is 3.98. The number of sulfonamides is 1. The van der Waals surface area contributed by atoms with Crippen LogP contribution in [0, 0.1) is 0 Å². The Morgan fingerprint density at radius 3 is 2.62 bits per heavy atom. The van der Waals surface area contributed by atoms with E-state index in [-0.39, 0.29) is 21.5 Å². The van der Waals surface area contributed by atoms with E-state index in [1.807, 2.05) is 18.2 Å². The molecule has 0 aliphatic carbocycles. The van der Waals surface area contributed by atoms with E-state index in [1.54, 1.807) is 20.0 Å². The van der Waals surface area contributed by atoms with Gasteiger partial charge in [0.2, 0.25) is 10.0 Å². The molecule has 1 aromatic carbocycles. The predicted octanol–water partition coefficient (Wildman–Crippen LogP) is 2.74. The molecule has 1 aromatic heterocycles. The molecule has 8 heteroatoms. The van der Waals surface area contributed by atoms with Gasteiger partial charge in [0.05, 0.1) is 15.5 Å². The molecule has 0 saturated heterocycles. The summed E-state index contributed by atoms with van der Waals surface area (Å²) >= 11 is 6.10. The summed E-state index contributed by atoms with van der Waals surface area (Å²) in [6.45, 7) is 3.92. The highest BCUT2D eigenvalue weighted by Gasteiger charge is 2.25. The number of benzene rings is 1. The highest BCUT2D eigenvalue weighted by Crippen LogP contribution is 2.23. The van der Waals surface area contributed by atoms with E-state index in [9.17, 15) is 13.2 Å². The number of nitrogens with one attached hydrogen (secondary N) is 1. The third-order valence-corrected chi connectivity index (χ3v) is 6.34. The highest BCUT2D eigenvalue weighted by atomic mass is 35.5. The van der Waals surface area contributed by atoms with Crippen molar-refractivity contribution in [3.8, 4) is 0 Å². The Labute approximate surface area is 159 Å². The molecule has 0 fully saturated rings. The molecular weight excluding hydrogens is 374 g/mol. The second-order valence-electron chi connectivity index (χ2n) is 6.08. The molecule has 1 heterocycles. The van der Waals surface area contributed by atoms with Gasteiger partial charge < -0.3 is 5.32 Å². The number of carbonyl (C=O) groups is 1. The van der Waals surface area contributed by atoms with E-state index in [0.717, 1.165) is 5.69 Å². The Kier molecular flexibility index (Phi) is 6.75. The lowest BCUT2D eigenvalue weighted by Gasteiger charge is -2.21. The zero-order valence-electron chi connectivity index (χ0n) is 14.9. The van der Waals surface area contributed by atoms with Gasteiger partial charge in [-0.2, -0.15) is 4.31 Å². The number of halogens is 1. The molecule has 0 aliphatic rings. The number of hydrogen-bond donors (Lipinski definition) is 1. The zero-order valence-corrected chi connectivity index (χ0v) is 16.5. The van der Waals surface area contributed by atoms with E-state index in [4.69, 9.17) is 11.6 Å². The SMILES string of the molecule is CC(C)N(C)S(=O)(=O)c1ccc(Cl)c(C(=O)NCCc2ccccn2)c1. The van der Waals surface area contributed by atoms with Gasteiger partial charge in [0.25, 0.3) is 5.91 Å². The molecule has 0 aliphatic heterocycles. The second kappa shape index (κ2) is 8.62. The van der Waals surface area contributed by atoms with Gasteiger partial charge in [0, 0.05) is 37.9 Å². The van der Waals surface area contributed by atoms with Crippen molar-refractivity contribution in [2.75, 3.05) is 13.6 Å². The molecule has 1 amide bonds. The van der Waals surface area contributed by atoms with Crippen molar-refractivity contribution < 1.29 is 13.2 Å². The zero-order chi connectivity index (χ0) is 19.3. The van der Waals surface area contributed by atoms with Crippen LogP contribution in [0.1, 0.15) is 29.9 Å². The molecule has 0 saturated carbocycles. The minimum Gasteiger partial charge on any atom is -0.352 e. The van der Waals surface area contributed by atoms with Crippen LogP contribution in [-0.4, -0.2) is 43.2 Å². The molecule has 2 rings (SSSR count). The summed E-state index contributed by atoms with van der Waals surface area (Å²) in [5.41, 5.74) is 0.986. The van der Waals surface area contributed by atoms with Crippen LogP contribution in [0.3, 0.4) is 0 Å². The van der Waals surface area contributed by atoms with Crippen molar-refractivity contribution >= 4 is 27.5 Å². The van der Waals surface area contributed by atoms with E-state index in [0.29, 0.717) is 13.0 Å². The minimum absolute atomic E-state index is 0.0352. The van der Waals surface area contributed by atoms with Gasteiger partial charge in [0.15, 0.2) is 0 Å². The fourth-order valence-electron chi connectivity index (χ4n) is 2.23. The van der Waals surface area contributed by atoms with Crippen LogP contribution < -0.4 is 5.32 Å². The summed E-state index contributed by atoms with van der Waals surface area (Å²) < 4.78 is 26.5. The summed E-state index contributed by atoms with van der Waals surface area (Å²) in [6.07, 6.45) is 2.26. The second-order valence-corrected chi connectivity index (χ2v) is 8.49. The van der Waals surface area contributed by atoms with Crippen molar-refractivity contribution in [1.29, 1.82) is 0 Å². The molecule has 1 N–H and O–H groups in total. The van der Waals surface area contributed by atoms with Gasteiger partial charge >= 0.3 is 0 Å². The number of amides is 1. The van der Waals surface area contributed by atoms with Crippen molar-refractivity contribution in [3.05, 3.63) is 58.9 Å². The van der Waals surface area contributed by atoms with Gasteiger partial charge in [-0.15, -0.1) is 0 Å². The van der Waals surface area contributed by atoms with Crippen molar-refractivity contribution in [2.45, 2.75) is 31.2 Å². The molecule has 0 radical (unpaired) electrons. The maximum Gasteiger partial charge on any atom is 0.252 e. The fourth-order valence-corrected chi connectivity index (χ4v) is 3.83. The maximum absolute atomic E-state index is 12.6. The molecule has 140 valence electrons. The first-order valence-corrected chi connectivity index (χ1v) is 10.0. The van der Waals surface area contributed by atoms with Crippen LogP contribution >= 0.6 is 11.6 Å². The van der Waals surface area contributed by atoms with Crippen LogP contribution in [0.15, 0.2) is 47.5 Å². The minimum atomic E-state index is -3.69. The van der Waals surface area contributed by atoms with E-state index in [1.165, 1.54) is 29.6 Å². The Hall–Kier alpha value is -1.96. The van der Waals surface area contributed by atoms with Gasteiger partial charge in [-0.25, -0.2) is 8.42 Å².